The molecule has 2 aromatic rings. The Hall–Kier alpha value is -1.44. The maximum atomic E-state index is 12.6. The highest BCUT2D eigenvalue weighted by molar-refractivity contribution is 7.09. The van der Waals surface area contributed by atoms with Crippen LogP contribution >= 0.6 is 11.3 Å². The molecular formula is C11H10F3N3S. The number of rotatable bonds is 3. The number of hydrazine groups is 1. The predicted molar refractivity (Wildman–Crippen MR) is 63.6 cm³/mol. The number of nitrogens with zero attached hydrogens (tertiary/aromatic N) is 1. The molecular weight excluding hydrogens is 263 g/mol. The van der Waals surface area contributed by atoms with Crippen molar-refractivity contribution >= 4 is 11.3 Å². The predicted octanol–water partition coefficient (Wildman–Crippen LogP) is 2.79. The first-order valence-corrected chi connectivity index (χ1v) is 5.94. The van der Waals surface area contributed by atoms with Crippen molar-refractivity contribution in [1.29, 1.82) is 0 Å². The lowest BCUT2D eigenvalue weighted by Crippen LogP contribution is -2.20. The van der Waals surface area contributed by atoms with Crippen LogP contribution in [0.3, 0.4) is 0 Å². The van der Waals surface area contributed by atoms with E-state index in [0.717, 1.165) is 17.1 Å². The summed E-state index contributed by atoms with van der Waals surface area (Å²) in [4.78, 5) is 4.20. The molecule has 3 N–H and O–H groups in total. The second kappa shape index (κ2) is 5.05. The van der Waals surface area contributed by atoms with Crippen molar-refractivity contribution in [1.82, 2.24) is 10.4 Å². The van der Waals surface area contributed by atoms with Crippen LogP contribution in [0.15, 0.2) is 29.6 Å². The molecule has 0 amide bonds. The first-order valence-electron chi connectivity index (χ1n) is 5.06. The second-order valence-electron chi connectivity index (χ2n) is 3.59. The van der Waals surface area contributed by atoms with Crippen LogP contribution in [0.5, 0.6) is 0 Å². The lowest BCUT2D eigenvalue weighted by Gasteiger charge is -2.07. The van der Waals surface area contributed by atoms with Crippen molar-refractivity contribution in [3.8, 4) is 11.3 Å². The fourth-order valence-corrected chi connectivity index (χ4v) is 2.22. The van der Waals surface area contributed by atoms with Crippen molar-refractivity contribution in [2.75, 3.05) is 0 Å². The number of thiazole rings is 1. The van der Waals surface area contributed by atoms with Crippen LogP contribution in [0.4, 0.5) is 13.2 Å². The maximum absolute atomic E-state index is 12.6. The molecule has 96 valence electrons. The molecule has 0 saturated heterocycles. The van der Waals surface area contributed by atoms with Crippen LogP contribution in [0.1, 0.15) is 10.6 Å². The van der Waals surface area contributed by atoms with Crippen LogP contribution < -0.4 is 11.3 Å². The monoisotopic (exact) mass is 273 g/mol. The summed E-state index contributed by atoms with van der Waals surface area (Å²) < 4.78 is 37.7. The highest BCUT2D eigenvalue weighted by atomic mass is 32.1. The summed E-state index contributed by atoms with van der Waals surface area (Å²) >= 11 is 1.35. The van der Waals surface area contributed by atoms with Crippen molar-refractivity contribution in [2.45, 2.75) is 12.7 Å². The number of nitrogens with two attached hydrogens (primary N) is 1. The molecule has 0 unspecified atom stereocenters. The minimum absolute atomic E-state index is 0.392. The number of nitrogens with one attached hydrogen (secondary N) is 1. The van der Waals surface area contributed by atoms with E-state index in [-0.39, 0.29) is 0 Å². The molecule has 0 fully saturated rings. The van der Waals surface area contributed by atoms with E-state index in [1.165, 1.54) is 17.4 Å². The van der Waals surface area contributed by atoms with Gasteiger partial charge in [-0.2, -0.15) is 13.2 Å². The molecule has 0 atom stereocenters. The minimum atomic E-state index is -4.34. The number of aromatic nitrogens is 1. The summed E-state index contributed by atoms with van der Waals surface area (Å²) in [6, 6.07) is 5.11. The molecule has 1 heterocycles. The molecule has 2 rings (SSSR count). The molecule has 0 aliphatic heterocycles. The van der Waals surface area contributed by atoms with Crippen molar-refractivity contribution in [3.63, 3.8) is 0 Å². The summed E-state index contributed by atoms with van der Waals surface area (Å²) in [6.07, 6.45) is -4.34. The highest BCUT2D eigenvalue weighted by Gasteiger charge is 2.30. The van der Waals surface area contributed by atoms with Crippen LogP contribution in [0, 0.1) is 0 Å². The summed E-state index contributed by atoms with van der Waals surface area (Å²) in [5.41, 5.74) is 2.75. The van der Waals surface area contributed by atoms with Crippen molar-refractivity contribution in [3.05, 3.63) is 40.2 Å². The normalized spacial score (nSPS) is 11.8. The molecule has 1 aromatic heterocycles. The summed E-state index contributed by atoms with van der Waals surface area (Å²) in [7, 11) is 0. The second-order valence-corrected chi connectivity index (χ2v) is 4.53. The van der Waals surface area contributed by atoms with Gasteiger partial charge in [-0.05, 0) is 12.1 Å². The quantitative estimate of drug-likeness (QED) is 0.668. The van der Waals surface area contributed by atoms with E-state index in [0.29, 0.717) is 17.8 Å². The molecule has 1 aromatic carbocycles. The largest absolute Gasteiger partial charge is 0.416 e. The van der Waals surface area contributed by atoms with Gasteiger partial charge < -0.3 is 0 Å². The van der Waals surface area contributed by atoms with Gasteiger partial charge in [0.1, 0.15) is 5.01 Å². The van der Waals surface area contributed by atoms with Gasteiger partial charge >= 0.3 is 6.18 Å². The van der Waals surface area contributed by atoms with Gasteiger partial charge in [-0.1, -0.05) is 12.1 Å². The minimum Gasteiger partial charge on any atom is -0.271 e. The van der Waals surface area contributed by atoms with E-state index in [9.17, 15) is 13.2 Å². The standard InChI is InChI=1S/C11H10F3N3S/c12-11(13,14)8-3-1-2-7(4-8)9-6-18-10(17-9)5-16-15/h1-4,6,16H,5,15H2. The van der Waals surface area contributed by atoms with E-state index in [4.69, 9.17) is 5.84 Å². The van der Waals surface area contributed by atoms with E-state index >= 15 is 0 Å². The van der Waals surface area contributed by atoms with E-state index in [1.807, 2.05) is 0 Å². The van der Waals surface area contributed by atoms with Gasteiger partial charge in [-0.15, -0.1) is 11.3 Å². The van der Waals surface area contributed by atoms with Crippen molar-refractivity contribution < 1.29 is 13.2 Å². The summed E-state index contributed by atoms with van der Waals surface area (Å²) in [5.74, 6) is 5.16. The fraction of sp³-hybridized carbons (Fsp3) is 0.182. The molecule has 0 aliphatic rings. The zero-order valence-electron chi connectivity index (χ0n) is 9.16. The number of hydrogen-bond donors (Lipinski definition) is 2. The lowest BCUT2D eigenvalue weighted by atomic mass is 10.1. The van der Waals surface area contributed by atoms with E-state index in [2.05, 4.69) is 10.4 Å². The van der Waals surface area contributed by atoms with Gasteiger partial charge in [0, 0.05) is 10.9 Å². The Balaban J connectivity index is 2.32. The zero-order valence-corrected chi connectivity index (χ0v) is 9.98. The molecule has 0 radical (unpaired) electrons. The molecule has 7 heteroatoms. The average molecular weight is 273 g/mol. The fourth-order valence-electron chi connectivity index (χ4n) is 1.47. The molecule has 0 spiro atoms. The number of alkyl halides is 3. The summed E-state index contributed by atoms with van der Waals surface area (Å²) in [6.45, 7) is 0.392. The van der Waals surface area contributed by atoms with Gasteiger partial charge in [0.15, 0.2) is 0 Å². The Morgan fingerprint density at radius 3 is 2.78 bits per heavy atom. The third-order valence-corrected chi connectivity index (χ3v) is 3.14. The topological polar surface area (TPSA) is 50.9 Å². The van der Waals surface area contributed by atoms with Crippen molar-refractivity contribution in [2.24, 2.45) is 5.84 Å². The summed E-state index contributed by atoms with van der Waals surface area (Å²) in [5, 5.41) is 2.44. The third-order valence-electron chi connectivity index (χ3n) is 2.29. The molecule has 0 aliphatic carbocycles. The maximum Gasteiger partial charge on any atom is 0.416 e. The van der Waals surface area contributed by atoms with Gasteiger partial charge in [-0.3, -0.25) is 11.3 Å². The average Bonchev–Trinajstić information content (AvgIpc) is 2.77. The first kappa shape index (κ1) is 13.0. The number of benzene rings is 1. The number of hydrogen-bond acceptors (Lipinski definition) is 4. The van der Waals surface area contributed by atoms with E-state index in [1.54, 1.807) is 11.4 Å². The number of halogens is 3. The van der Waals surface area contributed by atoms with Crippen LogP contribution in [0.25, 0.3) is 11.3 Å². The highest BCUT2D eigenvalue weighted by Crippen LogP contribution is 2.32. The Morgan fingerprint density at radius 1 is 1.33 bits per heavy atom. The van der Waals surface area contributed by atoms with Gasteiger partial charge in [0.05, 0.1) is 17.8 Å². The van der Waals surface area contributed by atoms with Gasteiger partial charge in [-0.25, -0.2) is 4.98 Å². The van der Waals surface area contributed by atoms with Crippen LogP contribution in [-0.2, 0) is 12.7 Å². The SMILES string of the molecule is NNCc1nc(-c2cccc(C(F)(F)F)c2)cs1. The molecule has 0 bridgehead atoms. The van der Waals surface area contributed by atoms with Gasteiger partial charge in [0.2, 0.25) is 0 Å². The molecule has 18 heavy (non-hydrogen) atoms. The van der Waals surface area contributed by atoms with Crippen LogP contribution in [-0.4, -0.2) is 4.98 Å². The Bertz CT molecular complexity index is 536. The lowest BCUT2D eigenvalue weighted by molar-refractivity contribution is -0.137. The molecule has 0 saturated carbocycles. The molecule has 3 nitrogen and oxygen atoms in total. The third kappa shape index (κ3) is 2.87. The van der Waals surface area contributed by atoms with Crippen LogP contribution in [0.2, 0.25) is 0 Å². The van der Waals surface area contributed by atoms with E-state index < -0.39 is 11.7 Å². The zero-order chi connectivity index (χ0) is 13.2. The Kier molecular flexibility index (Phi) is 3.65. The first-order chi connectivity index (χ1) is 8.50. The van der Waals surface area contributed by atoms with Gasteiger partial charge in [0.25, 0.3) is 0 Å². The Labute approximate surface area is 105 Å². The smallest absolute Gasteiger partial charge is 0.271 e. The Morgan fingerprint density at radius 2 is 2.11 bits per heavy atom.